The first-order chi connectivity index (χ1) is 9.29. The number of thiophene rings is 1. The molecule has 1 atom stereocenters. The van der Waals surface area contributed by atoms with Crippen LogP contribution in [0.2, 0.25) is 0 Å². The SMILES string of the molecule is Cc1ccsc1CNC(C)c1sc(C(C)(C)C)nc1C. The smallest absolute Gasteiger partial charge is 0.0985 e. The number of nitrogens with zero attached hydrogens (tertiary/aromatic N) is 1. The quantitative estimate of drug-likeness (QED) is 0.862. The Labute approximate surface area is 130 Å². The van der Waals surface area contributed by atoms with Gasteiger partial charge in [-0.3, -0.25) is 0 Å². The first-order valence-electron chi connectivity index (χ1n) is 7.03. The van der Waals surface area contributed by atoms with E-state index in [-0.39, 0.29) is 5.41 Å². The Balaban J connectivity index is 2.08. The van der Waals surface area contributed by atoms with Crippen molar-refractivity contribution in [3.05, 3.63) is 37.5 Å². The molecule has 0 aliphatic carbocycles. The second-order valence-electron chi connectivity index (χ2n) is 6.35. The molecule has 0 aliphatic rings. The van der Waals surface area contributed by atoms with E-state index in [0.717, 1.165) is 6.54 Å². The van der Waals surface area contributed by atoms with Crippen LogP contribution >= 0.6 is 22.7 Å². The number of aryl methyl sites for hydroxylation is 2. The Morgan fingerprint density at radius 2 is 2.00 bits per heavy atom. The molecule has 0 amide bonds. The molecule has 2 nitrogen and oxygen atoms in total. The van der Waals surface area contributed by atoms with Crippen molar-refractivity contribution in [3.63, 3.8) is 0 Å². The minimum atomic E-state index is 0.137. The lowest BCUT2D eigenvalue weighted by Gasteiger charge is -2.14. The van der Waals surface area contributed by atoms with Crippen LogP contribution in [0.5, 0.6) is 0 Å². The normalized spacial score (nSPS) is 13.7. The van der Waals surface area contributed by atoms with Gasteiger partial charge >= 0.3 is 0 Å². The van der Waals surface area contributed by atoms with Crippen molar-refractivity contribution in [1.29, 1.82) is 0 Å². The van der Waals surface area contributed by atoms with Gasteiger partial charge in [-0.05, 0) is 37.8 Å². The maximum atomic E-state index is 4.75. The Hall–Kier alpha value is -0.710. The molecule has 2 aromatic rings. The van der Waals surface area contributed by atoms with E-state index in [0.29, 0.717) is 6.04 Å². The summed E-state index contributed by atoms with van der Waals surface area (Å²) >= 11 is 3.67. The van der Waals surface area contributed by atoms with E-state index in [4.69, 9.17) is 4.98 Å². The number of rotatable bonds is 4. The standard InChI is InChI=1S/C16H24N2S2/c1-10-7-8-19-13(10)9-17-11(2)14-12(3)18-15(20-14)16(4,5)6/h7-8,11,17H,9H2,1-6H3. The molecular formula is C16H24N2S2. The molecule has 0 aromatic carbocycles. The molecule has 1 N–H and O–H groups in total. The summed E-state index contributed by atoms with van der Waals surface area (Å²) in [6.45, 7) is 14.1. The fourth-order valence-corrected chi connectivity index (χ4v) is 4.06. The highest BCUT2D eigenvalue weighted by atomic mass is 32.1. The van der Waals surface area contributed by atoms with Crippen LogP contribution in [-0.4, -0.2) is 4.98 Å². The van der Waals surface area contributed by atoms with Crippen molar-refractivity contribution < 1.29 is 0 Å². The molecule has 4 heteroatoms. The maximum Gasteiger partial charge on any atom is 0.0985 e. The lowest BCUT2D eigenvalue weighted by Crippen LogP contribution is -2.17. The fourth-order valence-electron chi connectivity index (χ4n) is 2.05. The van der Waals surface area contributed by atoms with Crippen LogP contribution < -0.4 is 5.32 Å². The average Bonchev–Trinajstić information content (AvgIpc) is 2.92. The molecule has 0 radical (unpaired) electrons. The van der Waals surface area contributed by atoms with E-state index in [1.165, 1.54) is 26.0 Å². The average molecular weight is 309 g/mol. The summed E-state index contributed by atoms with van der Waals surface area (Å²) in [4.78, 5) is 7.54. The highest BCUT2D eigenvalue weighted by Crippen LogP contribution is 2.32. The molecule has 110 valence electrons. The van der Waals surface area contributed by atoms with E-state index in [9.17, 15) is 0 Å². The predicted octanol–water partition coefficient (Wildman–Crippen LogP) is 4.97. The van der Waals surface area contributed by atoms with E-state index in [1.54, 1.807) is 0 Å². The monoisotopic (exact) mass is 308 g/mol. The van der Waals surface area contributed by atoms with Gasteiger partial charge in [-0.25, -0.2) is 4.98 Å². The summed E-state index contributed by atoms with van der Waals surface area (Å²) in [5.74, 6) is 0. The van der Waals surface area contributed by atoms with Crippen LogP contribution in [0.3, 0.4) is 0 Å². The molecule has 0 saturated carbocycles. The maximum absolute atomic E-state index is 4.75. The highest BCUT2D eigenvalue weighted by Gasteiger charge is 2.22. The first-order valence-corrected chi connectivity index (χ1v) is 8.73. The zero-order chi connectivity index (χ0) is 14.9. The van der Waals surface area contributed by atoms with Crippen LogP contribution in [0.25, 0.3) is 0 Å². The topological polar surface area (TPSA) is 24.9 Å². The molecule has 0 fully saturated rings. The number of nitrogens with one attached hydrogen (secondary N) is 1. The van der Waals surface area contributed by atoms with Crippen molar-refractivity contribution in [3.8, 4) is 0 Å². The number of hydrogen-bond donors (Lipinski definition) is 1. The van der Waals surface area contributed by atoms with Crippen molar-refractivity contribution in [2.75, 3.05) is 0 Å². The van der Waals surface area contributed by atoms with Gasteiger partial charge < -0.3 is 5.32 Å². The predicted molar refractivity (Wildman–Crippen MR) is 89.9 cm³/mol. The summed E-state index contributed by atoms with van der Waals surface area (Å²) < 4.78 is 0. The molecule has 0 bridgehead atoms. The third kappa shape index (κ3) is 3.48. The molecule has 2 rings (SSSR count). The van der Waals surface area contributed by atoms with Gasteiger partial charge in [-0.2, -0.15) is 0 Å². The summed E-state index contributed by atoms with van der Waals surface area (Å²) in [6, 6.07) is 2.53. The van der Waals surface area contributed by atoms with Crippen molar-refractivity contribution in [1.82, 2.24) is 10.3 Å². The van der Waals surface area contributed by atoms with Gasteiger partial charge in [-0.1, -0.05) is 20.8 Å². The van der Waals surface area contributed by atoms with E-state index in [1.807, 2.05) is 22.7 Å². The van der Waals surface area contributed by atoms with Gasteiger partial charge in [0.2, 0.25) is 0 Å². The highest BCUT2D eigenvalue weighted by molar-refractivity contribution is 7.12. The molecule has 0 spiro atoms. The van der Waals surface area contributed by atoms with Crippen LogP contribution in [0.15, 0.2) is 11.4 Å². The Morgan fingerprint density at radius 1 is 1.30 bits per heavy atom. The minimum absolute atomic E-state index is 0.137. The van der Waals surface area contributed by atoms with Crippen molar-refractivity contribution in [2.45, 2.75) is 59.5 Å². The third-order valence-corrected chi connectivity index (χ3v) is 6.19. The van der Waals surface area contributed by atoms with Crippen LogP contribution in [0.4, 0.5) is 0 Å². The summed E-state index contributed by atoms with van der Waals surface area (Å²) in [6.07, 6.45) is 0. The molecule has 1 unspecified atom stereocenters. The van der Waals surface area contributed by atoms with Gasteiger partial charge in [0.25, 0.3) is 0 Å². The second kappa shape index (κ2) is 5.96. The molecular weight excluding hydrogens is 284 g/mol. The van der Waals surface area contributed by atoms with Gasteiger partial charge in [0.15, 0.2) is 0 Å². The minimum Gasteiger partial charge on any atom is -0.304 e. The Morgan fingerprint density at radius 3 is 2.50 bits per heavy atom. The number of hydrogen-bond acceptors (Lipinski definition) is 4. The van der Waals surface area contributed by atoms with Gasteiger partial charge in [0, 0.05) is 27.8 Å². The van der Waals surface area contributed by atoms with Crippen molar-refractivity contribution >= 4 is 22.7 Å². The summed E-state index contributed by atoms with van der Waals surface area (Å²) in [5, 5.41) is 7.02. The molecule has 20 heavy (non-hydrogen) atoms. The summed E-state index contributed by atoms with van der Waals surface area (Å²) in [5.41, 5.74) is 2.69. The fraction of sp³-hybridized carbons (Fsp3) is 0.562. The number of aromatic nitrogens is 1. The number of thiazole rings is 1. The molecule has 0 saturated heterocycles. The largest absolute Gasteiger partial charge is 0.304 e. The summed E-state index contributed by atoms with van der Waals surface area (Å²) in [7, 11) is 0. The lowest BCUT2D eigenvalue weighted by molar-refractivity contribution is 0.579. The first kappa shape index (κ1) is 15.7. The van der Waals surface area contributed by atoms with Crippen LogP contribution in [0.1, 0.15) is 59.8 Å². The third-order valence-electron chi connectivity index (χ3n) is 3.40. The van der Waals surface area contributed by atoms with Gasteiger partial charge in [-0.15, -0.1) is 22.7 Å². The van der Waals surface area contributed by atoms with Gasteiger partial charge in [0.05, 0.1) is 10.7 Å². The van der Waals surface area contributed by atoms with Gasteiger partial charge in [0.1, 0.15) is 0 Å². The van der Waals surface area contributed by atoms with Crippen LogP contribution in [0, 0.1) is 13.8 Å². The Kier molecular flexibility index (Phi) is 4.67. The molecule has 0 aliphatic heterocycles. The lowest BCUT2D eigenvalue weighted by atomic mass is 9.98. The van der Waals surface area contributed by atoms with E-state index >= 15 is 0 Å². The van der Waals surface area contributed by atoms with E-state index in [2.05, 4.69) is 58.3 Å². The zero-order valence-electron chi connectivity index (χ0n) is 13.2. The van der Waals surface area contributed by atoms with E-state index < -0.39 is 0 Å². The molecule has 2 aromatic heterocycles. The van der Waals surface area contributed by atoms with Crippen molar-refractivity contribution in [2.24, 2.45) is 0 Å². The Bertz CT molecular complexity index is 576. The van der Waals surface area contributed by atoms with Crippen LogP contribution in [-0.2, 0) is 12.0 Å². The molecule has 2 heterocycles. The second-order valence-corrected chi connectivity index (χ2v) is 8.38. The zero-order valence-corrected chi connectivity index (χ0v) is 14.8.